The Kier molecular flexibility index (Phi) is 2.78. The van der Waals surface area contributed by atoms with E-state index in [1.54, 1.807) is 11.8 Å². The maximum atomic E-state index is 11.7. The van der Waals surface area contributed by atoms with E-state index in [9.17, 15) is 9.59 Å². The second-order valence-electron chi connectivity index (χ2n) is 5.81. The van der Waals surface area contributed by atoms with E-state index in [4.69, 9.17) is 0 Å². The third-order valence-corrected chi connectivity index (χ3v) is 3.88. The van der Waals surface area contributed by atoms with E-state index < -0.39 is 0 Å². The van der Waals surface area contributed by atoms with Crippen LogP contribution >= 0.6 is 0 Å². The van der Waals surface area contributed by atoms with Gasteiger partial charge in [-0.05, 0) is 0 Å². The van der Waals surface area contributed by atoms with Gasteiger partial charge in [-0.1, -0.05) is 6.92 Å². The molecule has 2 aliphatic heterocycles. The molecule has 0 bridgehead atoms. The molecule has 4 heteroatoms. The lowest BCUT2D eigenvalue weighted by molar-refractivity contribution is -0.881. The summed E-state index contributed by atoms with van der Waals surface area (Å²) in [5, 5.41) is 0. The maximum absolute atomic E-state index is 11.7. The number of Topliss-reactive ketones (excluding diaryl/α,β-unsaturated/α-hetero) is 1. The van der Waals surface area contributed by atoms with Crippen molar-refractivity contribution >= 4 is 11.7 Å². The Morgan fingerprint density at radius 2 is 1.69 bits per heavy atom. The number of quaternary nitrogens is 1. The van der Waals surface area contributed by atoms with Gasteiger partial charge in [0.2, 0.25) is 5.78 Å². The fourth-order valence-electron chi connectivity index (χ4n) is 3.19. The minimum absolute atomic E-state index is 0.242. The van der Waals surface area contributed by atoms with E-state index in [0.29, 0.717) is 18.3 Å². The van der Waals surface area contributed by atoms with Crippen molar-refractivity contribution in [3.63, 3.8) is 0 Å². The Bertz CT molecular complexity index is 309. The highest BCUT2D eigenvalue weighted by Crippen LogP contribution is 2.33. The zero-order valence-corrected chi connectivity index (χ0v) is 10.4. The lowest BCUT2D eigenvalue weighted by Crippen LogP contribution is -2.42. The number of nitrogens with zero attached hydrogens (tertiary/aromatic N) is 2. The number of ketones is 1. The molecular formula is C12H21N2O2+. The largest absolute Gasteiger partial charge is 0.335 e. The van der Waals surface area contributed by atoms with Crippen LogP contribution in [0.25, 0.3) is 0 Å². The molecule has 2 atom stereocenters. The summed E-state index contributed by atoms with van der Waals surface area (Å²) in [4.78, 5) is 24.9. The number of likely N-dealkylation sites (tertiary alicyclic amines) is 2. The molecule has 0 aromatic rings. The van der Waals surface area contributed by atoms with Crippen molar-refractivity contribution in [2.45, 2.75) is 13.3 Å². The molecule has 90 valence electrons. The van der Waals surface area contributed by atoms with Crippen molar-refractivity contribution in [1.29, 1.82) is 0 Å². The zero-order chi connectivity index (χ0) is 11.9. The van der Waals surface area contributed by atoms with Crippen LogP contribution in [0.1, 0.15) is 13.3 Å². The molecule has 0 aromatic carbocycles. The Hall–Kier alpha value is -0.900. The molecule has 0 saturated carbocycles. The van der Waals surface area contributed by atoms with Crippen LogP contribution in [-0.4, -0.2) is 61.3 Å². The summed E-state index contributed by atoms with van der Waals surface area (Å²) in [5.41, 5.74) is 0. The smallest absolute Gasteiger partial charge is 0.289 e. The van der Waals surface area contributed by atoms with Gasteiger partial charge in [-0.15, -0.1) is 0 Å². The lowest BCUT2D eigenvalue weighted by atomic mass is 10.0. The number of carbonyl (C=O) groups excluding carboxylic acids is 2. The van der Waals surface area contributed by atoms with Crippen LogP contribution in [0.15, 0.2) is 0 Å². The van der Waals surface area contributed by atoms with Crippen molar-refractivity contribution in [2.24, 2.45) is 11.8 Å². The van der Waals surface area contributed by atoms with Gasteiger partial charge in [0.1, 0.15) is 0 Å². The summed E-state index contributed by atoms with van der Waals surface area (Å²) in [7, 11) is 4.48. The summed E-state index contributed by atoms with van der Waals surface area (Å²) in [5.74, 6) is 0.697. The predicted molar refractivity (Wildman–Crippen MR) is 60.7 cm³/mol. The fourth-order valence-corrected chi connectivity index (χ4v) is 3.19. The third-order valence-electron chi connectivity index (χ3n) is 3.88. The molecule has 0 aromatic heterocycles. The van der Waals surface area contributed by atoms with Gasteiger partial charge in [-0.2, -0.15) is 0 Å². The number of hydrogen-bond donors (Lipinski definition) is 0. The van der Waals surface area contributed by atoms with Gasteiger partial charge in [-0.25, -0.2) is 0 Å². The Balaban J connectivity index is 1.97. The van der Waals surface area contributed by atoms with E-state index in [1.165, 1.54) is 0 Å². The molecule has 0 spiro atoms. The van der Waals surface area contributed by atoms with Crippen molar-refractivity contribution in [3.8, 4) is 0 Å². The van der Waals surface area contributed by atoms with E-state index >= 15 is 0 Å². The summed E-state index contributed by atoms with van der Waals surface area (Å²) in [6, 6.07) is 0. The minimum Gasteiger partial charge on any atom is -0.335 e. The molecule has 2 heterocycles. The van der Waals surface area contributed by atoms with E-state index in [2.05, 4.69) is 14.1 Å². The van der Waals surface area contributed by atoms with Crippen LogP contribution < -0.4 is 0 Å². The highest BCUT2D eigenvalue weighted by Gasteiger charge is 2.47. The molecule has 16 heavy (non-hydrogen) atoms. The molecular weight excluding hydrogens is 204 g/mol. The number of fused-ring (bicyclic) bond motifs is 1. The molecule has 0 N–H and O–H groups in total. The van der Waals surface area contributed by atoms with Crippen molar-refractivity contribution in [2.75, 3.05) is 40.3 Å². The molecule has 2 aliphatic rings. The van der Waals surface area contributed by atoms with Crippen molar-refractivity contribution in [1.82, 2.24) is 4.90 Å². The summed E-state index contributed by atoms with van der Waals surface area (Å²) >= 11 is 0. The van der Waals surface area contributed by atoms with Gasteiger partial charge in [0.25, 0.3) is 5.91 Å². The first kappa shape index (κ1) is 11.6. The predicted octanol–water partition coefficient (Wildman–Crippen LogP) is 0.130. The Morgan fingerprint density at radius 1 is 1.19 bits per heavy atom. The topological polar surface area (TPSA) is 37.4 Å². The van der Waals surface area contributed by atoms with Gasteiger partial charge < -0.3 is 9.38 Å². The van der Waals surface area contributed by atoms with E-state index in [0.717, 1.165) is 30.7 Å². The molecule has 0 radical (unpaired) electrons. The SMILES string of the molecule is CCC(=O)C(=O)N1CC2C[N+](C)(C)CC2C1. The van der Waals surface area contributed by atoms with Gasteiger partial charge in [0, 0.05) is 31.3 Å². The van der Waals surface area contributed by atoms with E-state index in [1.807, 2.05) is 0 Å². The monoisotopic (exact) mass is 225 g/mol. The first-order valence-electron chi connectivity index (χ1n) is 6.07. The molecule has 0 aliphatic carbocycles. The van der Waals surface area contributed by atoms with Crippen LogP contribution in [-0.2, 0) is 9.59 Å². The molecule has 4 nitrogen and oxygen atoms in total. The van der Waals surface area contributed by atoms with Crippen LogP contribution in [0.3, 0.4) is 0 Å². The molecule has 2 fully saturated rings. The minimum atomic E-state index is -0.262. The zero-order valence-electron chi connectivity index (χ0n) is 10.4. The number of hydrogen-bond acceptors (Lipinski definition) is 2. The van der Waals surface area contributed by atoms with Crippen molar-refractivity contribution in [3.05, 3.63) is 0 Å². The second kappa shape index (κ2) is 3.84. The van der Waals surface area contributed by atoms with Crippen LogP contribution in [0.2, 0.25) is 0 Å². The summed E-state index contributed by atoms with van der Waals surface area (Å²) < 4.78 is 1.05. The molecule has 2 unspecified atom stereocenters. The van der Waals surface area contributed by atoms with Crippen molar-refractivity contribution < 1.29 is 14.1 Å². The normalized spacial score (nSPS) is 31.6. The average molecular weight is 225 g/mol. The first-order chi connectivity index (χ1) is 7.43. The number of carbonyl (C=O) groups is 2. The maximum Gasteiger partial charge on any atom is 0.289 e. The highest BCUT2D eigenvalue weighted by molar-refractivity contribution is 6.36. The highest BCUT2D eigenvalue weighted by atomic mass is 16.2. The van der Waals surface area contributed by atoms with Gasteiger partial charge >= 0.3 is 0 Å². The molecule has 2 rings (SSSR count). The first-order valence-corrected chi connectivity index (χ1v) is 6.07. The van der Waals surface area contributed by atoms with Crippen LogP contribution in [0.5, 0.6) is 0 Å². The van der Waals surface area contributed by atoms with E-state index in [-0.39, 0.29) is 11.7 Å². The number of rotatable bonds is 2. The quantitative estimate of drug-likeness (QED) is 0.495. The van der Waals surface area contributed by atoms with Crippen LogP contribution in [0.4, 0.5) is 0 Å². The summed E-state index contributed by atoms with van der Waals surface area (Å²) in [6.45, 7) is 5.59. The second-order valence-corrected chi connectivity index (χ2v) is 5.81. The van der Waals surface area contributed by atoms with Crippen LogP contribution in [0, 0.1) is 11.8 Å². The number of amides is 1. The van der Waals surface area contributed by atoms with Gasteiger partial charge in [-0.3, -0.25) is 9.59 Å². The van der Waals surface area contributed by atoms with Gasteiger partial charge in [0.15, 0.2) is 0 Å². The standard InChI is InChI=1S/C12H21N2O2/c1-4-11(15)12(16)13-5-9-7-14(2,3)8-10(9)6-13/h9-10H,4-8H2,1-3H3/q+1. The molecule has 2 saturated heterocycles. The average Bonchev–Trinajstić information content (AvgIpc) is 2.68. The fraction of sp³-hybridized carbons (Fsp3) is 0.833. The third kappa shape index (κ3) is 1.98. The summed E-state index contributed by atoms with van der Waals surface area (Å²) in [6.07, 6.45) is 0.326. The lowest BCUT2D eigenvalue weighted by Gasteiger charge is -2.26. The molecule has 1 amide bonds. The Labute approximate surface area is 96.8 Å². The Morgan fingerprint density at radius 3 is 2.12 bits per heavy atom. The van der Waals surface area contributed by atoms with Gasteiger partial charge in [0.05, 0.1) is 27.2 Å².